The number of hydrogen-bond donors (Lipinski definition) is 1. The monoisotopic (exact) mass is 254 g/mol. The Balaban J connectivity index is -0.000000180. The fraction of sp³-hybridized carbons (Fsp3) is 1.00. The fourth-order valence-corrected chi connectivity index (χ4v) is 0.353. The zero-order chi connectivity index (χ0) is 5.91. The molecule has 0 fully saturated rings. The van der Waals surface area contributed by atoms with Crippen LogP contribution in [0.3, 0.4) is 0 Å². The van der Waals surface area contributed by atoms with Crippen molar-refractivity contribution in [1.82, 2.24) is 0 Å². The van der Waals surface area contributed by atoms with Gasteiger partial charge in [0.15, 0.2) is 0 Å². The molecule has 0 atom stereocenters. The molecule has 0 aliphatic rings. The molecule has 0 heterocycles. The Bertz CT molecular complexity index is 53.4. The molecular formula is C5H12O2RuTi. The van der Waals surface area contributed by atoms with Crippen LogP contribution in [-0.4, -0.2) is 24.4 Å². The van der Waals surface area contributed by atoms with Gasteiger partial charge in [-0.25, -0.2) is 0 Å². The molecule has 56 valence electrons. The second-order valence-electron chi connectivity index (χ2n) is 2.25. The molecule has 4 heteroatoms. The Labute approximate surface area is 84.0 Å². The van der Waals surface area contributed by atoms with Crippen molar-refractivity contribution in [2.75, 3.05) is 13.7 Å². The van der Waals surface area contributed by atoms with E-state index in [4.69, 9.17) is 5.11 Å². The Kier molecular flexibility index (Phi) is 13.7. The van der Waals surface area contributed by atoms with Gasteiger partial charge in [-0.1, -0.05) is 0 Å². The van der Waals surface area contributed by atoms with Crippen LogP contribution in [0.4, 0.5) is 0 Å². The number of rotatable bonds is 2. The van der Waals surface area contributed by atoms with Gasteiger partial charge < -0.3 is 9.84 Å². The van der Waals surface area contributed by atoms with Gasteiger partial charge in [0.1, 0.15) is 0 Å². The van der Waals surface area contributed by atoms with E-state index < -0.39 is 5.60 Å². The summed E-state index contributed by atoms with van der Waals surface area (Å²) in [5.41, 5.74) is -0.672. The minimum Gasteiger partial charge on any atom is -0.388 e. The minimum atomic E-state index is -0.672. The van der Waals surface area contributed by atoms with E-state index in [9.17, 15) is 0 Å². The Morgan fingerprint density at radius 1 is 1.44 bits per heavy atom. The van der Waals surface area contributed by atoms with E-state index in [0.717, 1.165) is 0 Å². The first-order valence-corrected chi connectivity index (χ1v) is 2.27. The summed E-state index contributed by atoms with van der Waals surface area (Å²) in [4.78, 5) is 0. The van der Waals surface area contributed by atoms with Gasteiger partial charge in [-0.3, -0.25) is 0 Å². The summed E-state index contributed by atoms with van der Waals surface area (Å²) >= 11 is 0. The van der Waals surface area contributed by atoms with Crippen molar-refractivity contribution in [3.8, 4) is 0 Å². The van der Waals surface area contributed by atoms with Crippen LogP contribution in [0, 0.1) is 0 Å². The predicted octanol–water partition coefficient (Wildman–Crippen LogP) is 0.399. The van der Waals surface area contributed by atoms with Crippen molar-refractivity contribution in [3.63, 3.8) is 0 Å². The van der Waals surface area contributed by atoms with Crippen LogP contribution in [0.25, 0.3) is 0 Å². The Hall–Kier alpha value is 1.26. The third-order valence-electron chi connectivity index (χ3n) is 0.498. The Morgan fingerprint density at radius 2 is 1.78 bits per heavy atom. The third-order valence-corrected chi connectivity index (χ3v) is 0.498. The van der Waals surface area contributed by atoms with Gasteiger partial charge >= 0.3 is 0 Å². The summed E-state index contributed by atoms with van der Waals surface area (Å²) in [5, 5.41) is 8.89. The molecule has 0 spiro atoms. The van der Waals surface area contributed by atoms with Crippen molar-refractivity contribution in [2.24, 2.45) is 0 Å². The number of methoxy groups -OCH3 is 1. The fourth-order valence-electron chi connectivity index (χ4n) is 0.353. The van der Waals surface area contributed by atoms with Crippen LogP contribution >= 0.6 is 0 Å². The van der Waals surface area contributed by atoms with Gasteiger partial charge in [0.05, 0.1) is 12.2 Å². The summed E-state index contributed by atoms with van der Waals surface area (Å²) in [6.45, 7) is 3.81. The van der Waals surface area contributed by atoms with Crippen molar-refractivity contribution in [1.29, 1.82) is 0 Å². The SMILES string of the molecule is COCC(C)(C)O.[Ru].[Ti]. The first kappa shape index (κ1) is 16.7. The molecule has 0 amide bonds. The predicted molar refractivity (Wildman–Crippen MR) is 28.2 cm³/mol. The third kappa shape index (κ3) is 17.6. The topological polar surface area (TPSA) is 29.5 Å². The van der Waals surface area contributed by atoms with E-state index in [1.807, 2.05) is 0 Å². The maximum atomic E-state index is 8.89. The molecule has 0 bridgehead atoms. The van der Waals surface area contributed by atoms with Gasteiger partial charge in [0, 0.05) is 48.3 Å². The second-order valence-corrected chi connectivity index (χ2v) is 2.25. The van der Waals surface area contributed by atoms with E-state index in [-0.39, 0.29) is 41.2 Å². The van der Waals surface area contributed by atoms with Gasteiger partial charge in [-0.05, 0) is 13.8 Å². The van der Waals surface area contributed by atoms with Gasteiger partial charge in [0.2, 0.25) is 0 Å². The van der Waals surface area contributed by atoms with Crippen LogP contribution in [0.2, 0.25) is 0 Å². The molecule has 0 saturated carbocycles. The molecule has 0 saturated heterocycles. The average Bonchev–Trinajstić information content (AvgIpc) is 1.30. The molecular weight excluding hydrogens is 241 g/mol. The molecule has 2 nitrogen and oxygen atoms in total. The summed E-state index contributed by atoms with van der Waals surface area (Å²) in [5.74, 6) is 0. The van der Waals surface area contributed by atoms with Gasteiger partial charge in [-0.15, -0.1) is 0 Å². The summed E-state index contributed by atoms with van der Waals surface area (Å²) in [6.07, 6.45) is 0. The van der Waals surface area contributed by atoms with Crippen LogP contribution in [0.1, 0.15) is 13.8 Å². The van der Waals surface area contributed by atoms with E-state index in [1.54, 1.807) is 21.0 Å². The minimum absolute atomic E-state index is 0. The van der Waals surface area contributed by atoms with Gasteiger partial charge in [0.25, 0.3) is 0 Å². The van der Waals surface area contributed by atoms with Crippen molar-refractivity contribution in [2.45, 2.75) is 19.4 Å². The maximum Gasteiger partial charge on any atom is 0.0824 e. The number of hydrogen-bond acceptors (Lipinski definition) is 2. The van der Waals surface area contributed by atoms with Crippen molar-refractivity contribution < 1.29 is 51.0 Å². The van der Waals surface area contributed by atoms with E-state index >= 15 is 0 Å². The molecule has 0 unspecified atom stereocenters. The van der Waals surface area contributed by atoms with Crippen LogP contribution in [-0.2, 0) is 45.9 Å². The molecule has 0 rings (SSSR count). The van der Waals surface area contributed by atoms with Gasteiger partial charge in [-0.2, -0.15) is 0 Å². The molecule has 0 aromatic rings. The largest absolute Gasteiger partial charge is 0.388 e. The van der Waals surface area contributed by atoms with E-state index in [2.05, 4.69) is 4.74 Å². The van der Waals surface area contributed by atoms with Crippen molar-refractivity contribution >= 4 is 0 Å². The first-order chi connectivity index (χ1) is 3.06. The standard InChI is InChI=1S/C5H12O2.Ru.Ti/c1-5(2,6)4-7-3;;/h6H,4H2,1-3H3;;. The number of aliphatic hydroxyl groups is 1. The molecule has 1 N–H and O–H groups in total. The van der Waals surface area contributed by atoms with Crippen LogP contribution < -0.4 is 0 Å². The molecule has 0 aromatic carbocycles. The summed E-state index contributed by atoms with van der Waals surface area (Å²) in [6, 6.07) is 0. The maximum absolute atomic E-state index is 8.89. The van der Waals surface area contributed by atoms with Crippen LogP contribution in [0.15, 0.2) is 0 Å². The molecule has 0 aliphatic heterocycles. The smallest absolute Gasteiger partial charge is 0.0824 e. The van der Waals surface area contributed by atoms with Crippen molar-refractivity contribution in [3.05, 3.63) is 0 Å². The quantitative estimate of drug-likeness (QED) is 0.722. The first-order valence-electron chi connectivity index (χ1n) is 2.27. The molecule has 9 heavy (non-hydrogen) atoms. The normalized spacial score (nSPS) is 9.33. The molecule has 0 aromatic heterocycles. The number of ether oxygens (including phenoxy) is 1. The zero-order valence-corrected chi connectivity index (χ0v) is 9.22. The molecule has 0 aliphatic carbocycles. The summed E-state index contributed by atoms with van der Waals surface area (Å²) in [7, 11) is 1.57. The van der Waals surface area contributed by atoms with E-state index in [1.165, 1.54) is 0 Å². The zero-order valence-electron chi connectivity index (χ0n) is 5.92. The summed E-state index contributed by atoms with van der Waals surface area (Å²) < 4.78 is 4.66. The Morgan fingerprint density at radius 3 is 1.78 bits per heavy atom. The average molecular weight is 253 g/mol. The second kappa shape index (κ2) is 7.37. The molecule has 0 radical (unpaired) electrons. The van der Waals surface area contributed by atoms with Crippen LogP contribution in [0.5, 0.6) is 0 Å². The van der Waals surface area contributed by atoms with E-state index in [0.29, 0.717) is 6.61 Å².